The van der Waals surface area contributed by atoms with E-state index < -0.39 is 11.7 Å². The van der Waals surface area contributed by atoms with Crippen molar-refractivity contribution in [2.45, 2.75) is 44.3 Å². The quantitative estimate of drug-likeness (QED) is 0.772. The summed E-state index contributed by atoms with van der Waals surface area (Å²) < 4.78 is 39.6. The van der Waals surface area contributed by atoms with Gasteiger partial charge in [0.25, 0.3) is 5.91 Å². The first-order chi connectivity index (χ1) is 12.8. The van der Waals surface area contributed by atoms with Gasteiger partial charge in [0, 0.05) is 13.1 Å². The smallest absolute Gasteiger partial charge is 0.418 e. The van der Waals surface area contributed by atoms with E-state index in [-0.39, 0.29) is 39.8 Å². The van der Waals surface area contributed by atoms with E-state index in [1.54, 1.807) is 11.9 Å². The number of thioether (sulfide) groups is 1. The number of carbonyl (C=O) groups is 1. The van der Waals surface area contributed by atoms with Crippen molar-refractivity contribution in [3.05, 3.63) is 41.2 Å². The maximum Gasteiger partial charge on any atom is 0.418 e. The van der Waals surface area contributed by atoms with E-state index in [0.29, 0.717) is 0 Å². The van der Waals surface area contributed by atoms with Crippen molar-refractivity contribution in [2.75, 3.05) is 12.8 Å². The molecule has 1 aliphatic carbocycles. The van der Waals surface area contributed by atoms with Crippen molar-refractivity contribution >= 4 is 28.4 Å². The fourth-order valence-corrected chi connectivity index (χ4v) is 4.37. The van der Waals surface area contributed by atoms with Crippen molar-refractivity contribution < 1.29 is 23.1 Å². The molecule has 0 bridgehead atoms. The van der Waals surface area contributed by atoms with Gasteiger partial charge < -0.3 is 10.0 Å². The summed E-state index contributed by atoms with van der Waals surface area (Å²) >= 11 is 1.08. The largest absolute Gasteiger partial charge is 0.510 e. The molecule has 1 amide bonds. The van der Waals surface area contributed by atoms with Gasteiger partial charge in [-0.1, -0.05) is 43.2 Å². The normalized spacial score (nSPS) is 20.4. The third-order valence-electron chi connectivity index (χ3n) is 4.94. The maximum atomic E-state index is 13.2. The van der Waals surface area contributed by atoms with E-state index in [1.165, 1.54) is 18.2 Å². The van der Waals surface area contributed by atoms with Gasteiger partial charge in [-0.3, -0.25) is 4.79 Å². The summed E-state index contributed by atoms with van der Waals surface area (Å²) in [6, 6.07) is 5.07. The molecule has 0 radical (unpaired) electrons. The lowest BCUT2D eigenvalue weighted by atomic mass is 9.94. The van der Waals surface area contributed by atoms with E-state index in [1.807, 2.05) is 0 Å². The Kier molecular flexibility index (Phi) is 5.83. The molecular formula is C19H21F3N2O2S. The van der Waals surface area contributed by atoms with Crippen molar-refractivity contribution in [3.63, 3.8) is 0 Å². The lowest BCUT2D eigenvalue weighted by Crippen LogP contribution is -2.40. The van der Waals surface area contributed by atoms with Crippen molar-refractivity contribution in [1.29, 1.82) is 0 Å². The molecule has 1 saturated carbocycles. The van der Waals surface area contributed by atoms with Crippen LogP contribution in [0.5, 0.6) is 0 Å². The molecule has 1 aromatic rings. The van der Waals surface area contributed by atoms with Crippen LogP contribution in [0.25, 0.3) is 0 Å². The molecule has 146 valence electrons. The number of amides is 1. The maximum absolute atomic E-state index is 13.2. The molecule has 27 heavy (non-hydrogen) atoms. The number of aliphatic hydroxyl groups is 1. The number of likely N-dealkylation sites (N-methyl/N-ethyl adjacent to an activating group) is 1. The van der Waals surface area contributed by atoms with Gasteiger partial charge in [0.05, 0.1) is 17.0 Å². The van der Waals surface area contributed by atoms with Gasteiger partial charge in [-0.25, -0.2) is 4.99 Å². The second kappa shape index (κ2) is 7.96. The van der Waals surface area contributed by atoms with Crippen LogP contribution in [0.2, 0.25) is 0 Å². The average molecular weight is 398 g/mol. The van der Waals surface area contributed by atoms with Gasteiger partial charge in [0.15, 0.2) is 0 Å². The van der Waals surface area contributed by atoms with Gasteiger partial charge in [-0.15, -0.1) is 0 Å². The lowest BCUT2D eigenvalue weighted by molar-refractivity contribution is -0.137. The molecule has 0 saturated heterocycles. The van der Waals surface area contributed by atoms with Crippen molar-refractivity contribution in [2.24, 2.45) is 4.99 Å². The second-order valence-corrected chi connectivity index (χ2v) is 7.71. The molecule has 0 spiro atoms. The van der Waals surface area contributed by atoms with Gasteiger partial charge in [-0.2, -0.15) is 13.2 Å². The Labute approximate surface area is 160 Å². The molecule has 1 aliphatic heterocycles. The Bertz CT molecular complexity index is 783. The van der Waals surface area contributed by atoms with E-state index >= 15 is 0 Å². The molecular weight excluding hydrogens is 377 g/mol. The summed E-state index contributed by atoms with van der Waals surface area (Å²) in [5.41, 5.74) is -1.10. The van der Waals surface area contributed by atoms with Crippen LogP contribution >= 0.6 is 11.8 Å². The molecule has 3 rings (SSSR count). The van der Waals surface area contributed by atoms with Crippen molar-refractivity contribution in [3.8, 4) is 0 Å². The topological polar surface area (TPSA) is 52.9 Å². The predicted octanol–water partition coefficient (Wildman–Crippen LogP) is 5.09. The molecule has 1 fully saturated rings. The van der Waals surface area contributed by atoms with Crippen LogP contribution in [0.15, 0.2) is 40.6 Å². The van der Waals surface area contributed by atoms with Crippen LogP contribution in [0.1, 0.15) is 37.7 Å². The zero-order valence-corrected chi connectivity index (χ0v) is 15.7. The lowest BCUT2D eigenvalue weighted by Gasteiger charge is -2.31. The third kappa shape index (κ3) is 4.31. The molecule has 0 unspecified atom stereocenters. The Morgan fingerprint density at radius 1 is 1.22 bits per heavy atom. The number of benzene rings is 1. The summed E-state index contributed by atoms with van der Waals surface area (Å²) in [5.74, 6) is -0.379. The van der Waals surface area contributed by atoms with Crippen LogP contribution in [0.4, 0.5) is 18.9 Å². The van der Waals surface area contributed by atoms with E-state index in [4.69, 9.17) is 0 Å². The first-order valence-electron chi connectivity index (χ1n) is 8.86. The van der Waals surface area contributed by atoms with Gasteiger partial charge in [-0.05, 0) is 25.0 Å². The number of aliphatic imine (C=N–C) groups is 1. The molecule has 2 aliphatic rings. The number of hydrogen-bond donors (Lipinski definition) is 1. The molecule has 4 nitrogen and oxygen atoms in total. The summed E-state index contributed by atoms with van der Waals surface area (Å²) in [6.45, 7) is 0. The highest BCUT2D eigenvalue weighted by atomic mass is 32.2. The fourth-order valence-electron chi connectivity index (χ4n) is 3.44. The van der Waals surface area contributed by atoms with E-state index in [9.17, 15) is 23.1 Å². The number of para-hydroxylation sites is 1. The number of halogens is 3. The Morgan fingerprint density at radius 2 is 1.89 bits per heavy atom. The monoisotopic (exact) mass is 398 g/mol. The number of hydrogen-bond acceptors (Lipinski definition) is 4. The zero-order valence-electron chi connectivity index (χ0n) is 14.9. The Hall–Kier alpha value is -1.96. The van der Waals surface area contributed by atoms with E-state index in [2.05, 4.69) is 4.99 Å². The minimum Gasteiger partial charge on any atom is -0.510 e. The predicted molar refractivity (Wildman–Crippen MR) is 100 cm³/mol. The molecule has 1 heterocycles. The number of nitrogens with zero attached hydrogens (tertiary/aromatic N) is 2. The first-order valence-corrected chi connectivity index (χ1v) is 9.85. The Morgan fingerprint density at radius 3 is 2.56 bits per heavy atom. The van der Waals surface area contributed by atoms with Crippen LogP contribution in [-0.2, 0) is 11.0 Å². The number of carbonyl (C=O) groups excluding carboxylic acids is 1. The number of alkyl halides is 3. The summed E-state index contributed by atoms with van der Waals surface area (Å²) in [5, 5.41) is 10.3. The standard InChI is InChI=1S/C19H21F3N2O2S/c1-24(12-7-3-2-4-8-12)18(26)16-15(25)11-27-17(16)23-14-10-6-5-9-13(14)19(20,21)22/h5-6,9-10,12,25H,2-4,7-8,11H2,1H3. The second-order valence-electron chi connectivity index (χ2n) is 6.75. The van der Waals surface area contributed by atoms with E-state index in [0.717, 1.165) is 49.9 Å². The highest BCUT2D eigenvalue weighted by Gasteiger charge is 2.36. The first kappa shape index (κ1) is 19.8. The molecule has 0 aromatic heterocycles. The van der Waals surface area contributed by atoms with Crippen LogP contribution in [0.3, 0.4) is 0 Å². The molecule has 8 heteroatoms. The minimum atomic E-state index is -4.54. The van der Waals surface area contributed by atoms with Gasteiger partial charge in [0.1, 0.15) is 16.4 Å². The van der Waals surface area contributed by atoms with Crippen LogP contribution in [0, 0.1) is 0 Å². The SMILES string of the molecule is CN(C(=O)C1=C(O)CSC1=Nc1ccccc1C(F)(F)F)C1CCCCC1. The minimum absolute atomic E-state index is 0.0186. The fraction of sp³-hybridized carbons (Fsp3) is 0.474. The summed E-state index contributed by atoms with van der Waals surface area (Å²) in [7, 11) is 1.68. The zero-order chi connectivity index (χ0) is 19.6. The summed E-state index contributed by atoms with van der Waals surface area (Å²) in [6.07, 6.45) is 0.478. The average Bonchev–Trinajstić information content (AvgIpc) is 3.01. The highest BCUT2D eigenvalue weighted by molar-refractivity contribution is 8.15. The van der Waals surface area contributed by atoms with Crippen LogP contribution < -0.4 is 0 Å². The Balaban J connectivity index is 1.91. The van der Waals surface area contributed by atoms with Gasteiger partial charge in [0.2, 0.25) is 0 Å². The molecule has 1 N–H and O–H groups in total. The van der Waals surface area contributed by atoms with Crippen LogP contribution in [-0.4, -0.2) is 39.8 Å². The summed E-state index contributed by atoms with van der Waals surface area (Å²) in [4.78, 5) is 18.6. The number of aliphatic hydroxyl groups excluding tert-OH is 1. The molecule has 1 aromatic carbocycles. The third-order valence-corrected chi connectivity index (χ3v) is 5.92. The van der Waals surface area contributed by atoms with Crippen molar-refractivity contribution in [1.82, 2.24) is 4.90 Å². The highest BCUT2D eigenvalue weighted by Crippen LogP contribution is 2.38. The van der Waals surface area contributed by atoms with Gasteiger partial charge >= 0.3 is 6.18 Å². The number of rotatable bonds is 3. The molecule has 0 atom stereocenters.